The van der Waals surface area contributed by atoms with E-state index in [4.69, 9.17) is 9.47 Å². The zero-order valence-electron chi connectivity index (χ0n) is 16.8. The number of phenolic OH excluding ortho intramolecular Hbond substituents is 1. The maximum absolute atomic E-state index is 13.1. The van der Waals surface area contributed by atoms with E-state index in [1.807, 2.05) is 13.8 Å². The van der Waals surface area contributed by atoms with E-state index < -0.39 is 12.0 Å². The lowest BCUT2D eigenvalue weighted by Crippen LogP contribution is -2.36. The number of carbonyl (C=O) groups excluding carboxylic acids is 2. The Balaban J connectivity index is 1.92. The van der Waals surface area contributed by atoms with Crippen LogP contribution in [0.2, 0.25) is 0 Å². The van der Waals surface area contributed by atoms with Crippen molar-refractivity contribution < 1.29 is 24.2 Å². The average Bonchev–Trinajstić information content (AvgIpc) is 3.08. The van der Waals surface area contributed by atoms with E-state index in [1.165, 1.54) is 20.4 Å². The van der Waals surface area contributed by atoms with Gasteiger partial charge in [0.25, 0.3) is 0 Å². The molecule has 0 bridgehead atoms. The van der Waals surface area contributed by atoms with Gasteiger partial charge in [-0.2, -0.15) is 5.10 Å². The number of aromatic hydroxyl groups is 1. The number of methoxy groups -OCH3 is 2. The fourth-order valence-corrected chi connectivity index (χ4v) is 4.16. The minimum atomic E-state index is -0.569. The lowest BCUT2D eigenvalue weighted by molar-refractivity contribution is -0.118. The van der Waals surface area contributed by atoms with Crippen LogP contribution in [0.5, 0.6) is 11.5 Å². The summed E-state index contributed by atoms with van der Waals surface area (Å²) in [5.74, 6) is 0.284. The Morgan fingerprint density at radius 1 is 1.31 bits per heavy atom. The summed E-state index contributed by atoms with van der Waals surface area (Å²) in [6, 6.07) is 4.43. The van der Waals surface area contributed by atoms with Crippen LogP contribution in [0.1, 0.15) is 48.7 Å². The number of fused-ring (bicyclic) bond motifs is 1. The summed E-state index contributed by atoms with van der Waals surface area (Å²) in [4.78, 5) is 25.3. The van der Waals surface area contributed by atoms with Gasteiger partial charge in [0.15, 0.2) is 17.3 Å². The molecule has 1 aromatic heterocycles. The molecule has 0 amide bonds. The van der Waals surface area contributed by atoms with E-state index in [9.17, 15) is 14.7 Å². The number of ketones is 1. The Bertz CT molecular complexity index is 1050. The molecule has 1 aliphatic carbocycles. The highest BCUT2D eigenvalue weighted by molar-refractivity contribution is 6.01. The number of nitrogens with zero attached hydrogens (tertiary/aromatic N) is 2. The number of Topliss-reactive ketones (excluding diaryl/α,β-unsaturated/α-hetero) is 1. The van der Waals surface area contributed by atoms with E-state index in [-0.39, 0.29) is 22.5 Å². The molecule has 29 heavy (non-hydrogen) atoms. The second-order valence-corrected chi connectivity index (χ2v) is 8.13. The van der Waals surface area contributed by atoms with Crippen LogP contribution in [0.4, 0.5) is 5.82 Å². The first-order valence-electron chi connectivity index (χ1n) is 9.31. The summed E-state index contributed by atoms with van der Waals surface area (Å²) in [5, 5.41) is 17.9. The van der Waals surface area contributed by atoms with Crippen molar-refractivity contribution in [3.05, 3.63) is 46.8 Å². The van der Waals surface area contributed by atoms with Gasteiger partial charge in [0, 0.05) is 17.7 Å². The molecular formula is C21H23N3O5. The number of allylic oxidation sites excluding steroid dienone is 2. The number of ether oxygens (including phenoxy) is 2. The number of nitrogens with one attached hydrogen (secondary N) is 1. The van der Waals surface area contributed by atoms with Crippen molar-refractivity contribution in [1.82, 2.24) is 9.78 Å². The van der Waals surface area contributed by atoms with Crippen molar-refractivity contribution in [3.63, 3.8) is 0 Å². The van der Waals surface area contributed by atoms with Crippen LogP contribution >= 0.6 is 0 Å². The Labute approximate surface area is 168 Å². The second kappa shape index (κ2) is 6.65. The lowest BCUT2D eigenvalue weighted by atomic mass is 9.73. The molecule has 0 saturated carbocycles. The number of carbonyl (C=O) groups is 2. The van der Waals surface area contributed by atoms with Crippen LogP contribution < -0.4 is 10.1 Å². The number of phenols is 1. The number of rotatable bonds is 3. The topological polar surface area (TPSA) is 103 Å². The maximum Gasteiger partial charge on any atom is 0.343 e. The predicted molar refractivity (Wildman–Crippen MR) is 105 cm³/mol. The van der Waals surface area contributed by atoms with Crippen LogP contribution in [-0.4, -0.2) is 40.9 Å². The van der Waals surface area contributed by atoms with Crippen LogP contribution in [0.15, 0.2) is 35.7 Å². The highest BCUT2D eigenvalue weighted by Gasteiger charge is 2.42. The molecule has 0 fully saturated rings. The summed E-state index contributed by atoms with van der Waals surface area (Å²) in [6.07, 6.45) is 2.49. The van der Waals surface area contributed by atoms with Crippen molar-refractivity contribution in [2.75, 3.05) is 19.5 Å². The number of hydrogen-bond acceptors (Lipinski definition) is 7. The molecule has 2 aliphatic rings. The molecule has 2 N–H and O–H groups in total. The standard InChI is InChI=1S/C21H23N3O5/c1-21(2)8-13-17(15(26)9-21)18(11-5-6-16(28-3)14(25)7-11)24-19(23-13)12(10-22-24)20(27)29-4/h5-7,10,18,23,25H,8-9H2,1-4H3. The minimum Gasteiger partial charge on any atom is -0.504 e. The van der Waals surface area contributed by atoms with E-state index >= 15 is 0 Å². The largest absolute Gasteiger partial charge is 0.504 e. The third kappa shape index (κ3) is 3.04. The maximum atomic E-state index is 13.1. The SMILES string of the molecule is COC(=O)c1cnn2c1NC1=C(C(=O)CC(C)(C)C1)C2c1ccc(OC)c(O)c1. The molecule has 4 rings (SSSR count). The van der Waals surface area contributed by atoms with Gasteiger partial charge >= 0.3 is 5.97 Å². The van der Waals surface area contributed by atoms with Crippen molar-refractivity contribution >= 4 is 17.6 Å². The first-order valence-corrected chi connectivity index (χ1v) is 9.31. The van der Waals surface area contributed by atoms with E-state index in [1.54, 1.807) is 22.9 Å². The van der Waals surface area contributed by atoms with E-state index in [0.29, 0.717) is 35.5 Å². The Kier molecular flexibility index (Phi) is 4.37. The molecule has 8 heteroatoms. The number of anilines is 1. The fourth-order valence-electron chi connectivity index (χ4n) is 4.16. The van der Waals surface area contributed by atoms with Gasteiger partial charge in [-0.3, -0.25) is 4.79 Å². The van der Waals surface area contributed by atoms with Crippen molar-refractivity contribution in [2.45, 2.75) is 32.7 Å². The van der Waals surface area contributed by atoms with Crippen LogP contribution in [0.25, 0.3) is 0 Å². The molecule has 2 aromatic rings. The van der Waals surface area contributed by atoms with Gasteiger partial charge in [-0.15, -0.1) is 0 Å². The zero-order chi connectivity index (χ0) is 20.9. The molecule has 152 valence electrons. The van der Waals surface area contributed by atoms with Gasteiger partial charge in [0.1, 0.15) is 17.4 Å². The highest BCUT2D eigenvalue weighted by atomic mass is 16.5. The Hall–Kier alpha value is -3.29. The van der Waals surface area contributed by atoms with Crippen molar-refractivity contribution in [1.29, 1.82) is 0 Å². The quantitative estimate of drug-likeness (QED) is 0.768. The molecule has 0 spiro atoms. The lowest BCUT2D eigenvalue weighted by Gasteiger charge is -2.39. The van der Waals surface area contributed by atoms with Crippen LogP contribution in [0, 0.1) is 5.41 Å². The molecular weight excluding hydrogens is 374 g/mol. The summed E-state index contributed by atoms with van der Waals surface area (Å²) >= 11 is 0. The van der Waals surface area contributed by atoms with Gasteiger partial charge in [-0.1, -0.05) is 19.9 Å². The first-order chi connectivity index (χ1) is 13.8. The molecule has 0 radical (unpaired) electrons. The van der Waals surface area contributed by atoms with Gasteiger partial charge in [-0.05, 0) is 29.5 Å². The first kappa shape index (κ1) is 19.0. The summed E-state index contributed by atoms with van der Waals surface area (Å²) in [6.45, 7) is 4.08. The Morgan fingerprint density at radius 3 is 2.72 bits per heavy atom. The predicted octanol–water partition coefficient (Wildman–Crippen LogP) is 3.04. The van der Waals surface area contributed by atoms with Gasteiger partial charge in [0.05, 0.1) is 20.4 Å². The highest BCUT2D eigenvalue weighted by Crippen LogP contribution is 2.47. The Morgan fingerprint density at radius 2 is 2.07 bits per heavy atom. The second-order valence-electron chi connectivity index (χ2n) is 8.13. The summed E-state index contributed by atoms with van der Waals surface area (Å²) in [5.41, 5.74) is 2.12. The average molecular weight is 397 g/mol. The van der Waals surface area contributed by atoms with Gasteiger partial charge in [0.2, 0.25) is 0 Å². The zero-order valence-corrected chi connectivity index (χ0v) is 16.8. The molecule has 0 saturated heterocycles. The van der Waals surface area contributed by atoms with Crippen LogP contribution in [0.3, 0.4) is 0 Å². The van der Waals surface area contributed by atoms with Gasteiger partial charge < -0.3 is 19.9 Å². The number of esters is 1. The monoisotopic (exact) mass is 397 g/mol. The summed E-state index contributed by atoms with van der Waals surface area (Å²) < 4.78 is 11.6. The molecule has 2 heterocycles. The van der Waals surface area contributed by atoms with E-state index in [2.05, 4.69) is 10.4 Å². The van der Waals surface area contributed by atoms with Crippen molar-refractivity contribution in [2.24, 2.45) is 5.41 Å². The molecule has 1 unspecified atom stereocenters. The minimum absolute atomic E-state index is 0.0184. The molecule has 1 aromatic carbocycles. The third-order valence-corrected chi connectivity index (χ3v) is 5.43. The molecule has 8 nitrogen and oxygen atoms in total. The summed E-state index contributed by atoms with van der Waals surface area (Å²) in [7, 11) is 2.78. The fraction of sp³-hybridized carbons (Fsp3) is 0.381. The van der Waals surface area contributed by atoms with Gasteiger partial charge in [-0.25, -0.2) is 9.48 Å². The smallest absolute Gasteiger partial charge is 0.343 e. The van der Waals surface area contributed by atoms with Crippen molar-refractivity contribution in [3.8, 4) is 11.5 Å². The molecule has 1 aliphatic heterocycles. The number of hydrogen-bond donors (Lipinski definition) is 2. The van der Waals surface area contributed by atoms with E-state index in [0.717, 1.165) is 5.70 Å². The third-order valence-electron chi connectivity index (χ3n) is 5.43. The number of benzene rings is 1. The number of aromatic nitrogens is 2. The molecule has 1 atom stereocenters. The van der Waals surface area contributed by atoms with Crippen LogP contribution in [-0.2, 0) is 9.53 Å². The normalized spacial score (nSPS) is 19.9.